The topological polar surface area (TPSA) is 116 Å². The summed E-state index contributed by atoms with van der Waals surface area (Å²) in [7, 11) is -3.69. The Hall–Kier alpha value is -2.80. The van der Waals surface area contributed by atoms with Crippen molar-refractivity contribution in [3.8, 4) is 5.75 Å². The molecule has 0 bridgehead atoms. The molecule has 0 saturated heterocycles. The number of nitro benzene ring substituents is 1. The van der Waals surface area contributed by atoms with Crippen LogP contribution in [0.2, 0.25) is 0 Å². The summed E-state index contributed by atoms with van der Waals surface area (Å²) in [4.78, 5) is 21.8. The molecule has 0 heterocycles. The largest absolute Gasteiger partial charge is 0.477 e. The molecule has 0 aromatic heterocycles. The third-order valence-electron chi connectivity index (χ3n) is 3.27. The van der Waals surface area contributed by atoms with Gasteiger partial charge in [0.05, 0.1) is 9.82 Å². The summed E-state index contributed by atoms with van der Waals surface area (Å²) in [5, 5.41) is 13.4. The zero-order valence-electron chi connectivity index (χ0n) is 14.6. The summed E-state index contributed by atoms with van der Waals surface area (Å²) in [6, 6.07) is 7.95. The number of alkyl halides is 3. The standard InChI is InChI=1S/C16H13F3N2O6S2/c1-29(25,26)12-5-6-14(13(8-12)21(23)24)27-9-15(22)20-10-3-2-4-11(7-10)28-16(17,18)19/h2-8H,9H2,1H3,(H,20,22). The van der Waals surface area contributed by atoms with Crippen LogP contribution in [0.25, 0.3) is 0 Å². The first-order valence-electron chi connectivity index (χ1n) is 7.62. The highest BCUT2D eigenvalue weighted by atomic mass is 32.2. The van der Waals surface area contributed by atoms with Crippen LogP contribution >= 0.6 is 11.8 Å². The van der Waals surface area contributed by atoms with E-state index in [1.165, 1.54) is 18.2 Å². The molecule has 2 aromatic rings. The predicted octanol–water partition coefficient (Wildman–Crippen LogP) is 3.63. The SMILES string of the molecule is CS(=O)(=O)c1ccc(OCC(=O)Nc2cccc(SC(F)(F)F)c2)c([N+](=O)[O-])c1. The van der Waals surface area contributed by atoms with Crippen molar-refractivity contribution in [2.45, 2.75) is 15.3 Å². The second kappa shape index (κ2) is 8.69. The number of nitro groups is 1. The fourth-order valence-electron chi connectivity index (χ4n) is 2.10. The molecular formula is C16H13F3N2O6S2. The molecule has 8 nitrogen and oxygen atoms in total. The molecule has 2 aromatic carbocycles. The van der Waals surface area contributed by atoms with E-state index in [0.717, 1.165) is 30.5 Å². The number of hydrogen-bond donors (Lipinski definition) is 1. The number of sulfone groups is 1. The molecule has 0 aliphatic rings. The van der Waals surface area contributed by atoms with Gasteiger partial charge in [-0.15, -0.1) is 0 Å². The van der Waals surface area contributed by atoms with E-state index < -0.39 is 38.5 Å². The number of hydrogen-bond acceptors (Lipinski definition) is 7. The maximum absolute atomic E-state index is 12.4. The average Bonchev–Trinajstić information content (AvgIpc) is 2.57. The minimum Gasteiger partial charge on any atom is -0.477 e. The van der Waals surface area contributed by atoms with Gasteiger partial charge in [0.1, 0.15) is 0 Å². The van der Waals surface area contributed by atoms with E-state index in [1.54, 1.807) is 0 Å². The fraction of sp³-hybridized carbons (Fsp3) is 0.188. The Morgan fingerprint density at radius 1 is 1.24 bits per heavy atom. The molecule has 1 amide bonds. The van der Waals surface area contributed by atoms with Crippen LogP contribution in [0.5, 0.6) is 5.75 Å². The van der Waals surface area contributed by atoms with E-state index in [-0.39, 0.29) is 33.0 Å². The maximum Gasteiger partial charge on any atom is 0.446 e. The van der Waals surface area contributed by atoms with E-state index in [0.29, 0.717) is 0 Å². The molecule has 0 radical (unpaired) electrons. The van der Waals surface area contributed by atoms with Gasteiger partial charge in [0.2, 0.25) is 0 Å². The maximum atomic E-state index is 12.4. The molecule has 156 valence electrons. The number of halogens is 3. The molecule has 0 fully saturated rings. The van der Waals surface area contributed by atoms with Gasteiger partial charge in [0.25, 0.3) is 5.91 Å². The molecule has 0 aliphatic carbocycles. The highest BCUT2D eigenvalue weighted by Gasteiger charge is 2.29. The lowest BCUT2D eigenvalue weighted by molar-refractivity contribution is -0.386. The number of carbonyl (C=O) groups excluding carboxylic acids is 1. The first kappa shape index (κ1) is 22.5. The smallest absolute Gasteiger partial charge is 0.446 e. The Balaban J connectivity index is 2.08. The Bertz CT molecular complexity index is 1040. The number of thioether (sulfide) groups is 1. The fourth-order valence-corrected chi connectivity index (χ4v) is 3.34. The molecule has 0 aliphatic heterocycles. The number of ether oxygens (including phenoxy) is 1. The number of rotatable bonds is 7. The van der Waals surface area contributed by atoms with E-state index in [1.807, 2.05) is 0 Å². The minimum atomic E-state index is -4.48. The quantitative estimate of drug-likeness (QED) is 0.389. The van der Waals surface area contributed by atoms with Gasteiger partial charge in [-0.3, -0.25) is 14.9 Å². The van der Waals surface area contributed by atoms with E-state index in [2.05, 4.69) is 5.32 Å². The van der Waals surface area contributed by atoms with Crippen LogP contribution in [0, 0.1) is 10.1 Å². The van der Waals surface area contributed by atoms with Crippen LogP contribution in [0.15, 0.2) is 52.3 Å². The van der Waals surface area contributed by atoms with Crippen LogP contribution in [-0.2, 0) is 14.6 Å². The van der Waals surface area contributed by atoms with E-state index in [9.17, 15) is 36.5 Å². The lowest BCUT2D eigenvalue weighted by Crippen LogP contribution is -2.20. The summed E-state index contributed by atoms with van der Waals surface area (Å²) in [5.74, 6) is -1.11. The monoisotopic (exact) mass is 450 g/mol. The normalized spacial score (nSPS) is 11.7. The lowest BCUT2D eigenvalue weighted by atomic mass is 10.3. The number of carbonyl (C=O) groups is 1. The Morgan fingerprint density at radius 2 is 1.93 bits per heavy atom. The van der Waals surface area contributed by atoms with Gasteiger partial charge in [-0.05, 0) is 42.1 Å². The van der Waals surface area contributed by atoms with Crippen molar-refractivity contribution in [2.75, 3.05) is 18.2 Å². The van der Waals surface area contributed by atoms with E-state index >= 15 is 0 Å². The van der Waals surface area contributed by atoms with Crippen molar-refractivity contribution >= 4 is 38.9 Å². The van der Waals surface area contributed by atoms with Gasteiger partial charge in [-0.2, -0.15) is 13.2 Å². The predicted molar refractivity (Wildman–Crippen MR) is 98.7 cm³/mol. The summed E-state index contributed by atoms with van der Waals surface area (Å²) in [6.45, 7) is -0.685. The molecule has 0 spiro atoms. The molecule has 1 N–H and O–H groups in total. The third kappa shape index (κ3) is 6.94. The Labute approximate surface area is 167 Å². The van der Waals surface area contributed by atoms with Gasteiger partial charge < -0.3 is 10.1 Å². The zero-order valence-corrected chi connectivity index (χ0v) is 16.2. The van der Waals surface area contributed by atoms with Crippen LogP contribution in [0.1, 0.15) is 0 Å². The van der Waals surface area contributed by atoms with Crippen molar-refractivity contribution in [2.24, 2.45) is 0 Å². The van der Waals surface area contributed by atoms with Crippen LogP contribution in [0.3, 0.4) is 0 Å². The Morgan fingerprint density at radius 3 is 2.52 bits per heavy atom. The van der Waals surface area contributed by atoms with Crippen molar-refractivity contribution in [1.29, 1.82) is 0 Å². The van der Waals surface area contributed by atoms with Gasteiger partial charge >= 0.3 is 11.2 Å². The number of anilines is 1. The van der Waals surface area contributed by atoms with Gasteiger partial charge in [0, 0.05) is 22.9 Å². The van der Waals surface area contributed by atoms with Gasteiger partial charge in [0.15, 0.2) is 22.2 Å². The Kier molecular flexibility index (Phi) is 6.74. The average molecular weight is 450 g/mol. The molecule has 2 rings (SSSR count). The highest BCUT2D eigenvalue weighted by Crippen LogP contribution is 2.37. The number of nitrogens with zero attached hydrogens (tertiary/aromatic N) is 1. The summed E-state index contributed by atoms with van der Waals surface area (Å²) >= 11 is -0.346. The molecule has 0 atom stereocenters. The molecule has 13 heteroatoms. The molecule has 0 saturated carbocycles. The second-order valence-corrected chi connectivity index (χ2v) is 8.73. The summed E-state index contributed by atoms with van der Waals surface area (Å²) < 4.78 is 65.3. The van der Waals surface area contributed by atoms with Crippen molar-refractivity contribution in [3.63, 3.8) is 0 Å². The first-order valence-corrected chi connectivity index (χ1v) is 10.3. The highest BCUT2D eigenvalue weighted by molar-refractivity contribution is 8.00. The minimum absolute atomic E-state index is 0.0785. The second-order valence-electron chi connectivity index (χ2n) is 5.57. The van der Waals surface area contributed by atoms with Gasteiger partial charge in [-0.25, -0.2) is 8.42 Å². The summed E-state index contributed by atoms with van der Waals surface area (Å²) in [5.41, 5.74) is -5.05. The molecule has 0 unspecified atom stereocenters. The van der Waals surface area contributed by atoms with Crippen LogP contribution in [0.4, 0.5) is 24.5 Å². The van der Waals surface area contributed by atoms with Crippen molar-refractivity contribution in [1.82, 2.24) is 0 Å². The van der Waals surface area contributed by atoms with Crippen LogP contribution < -0.4 is 10.1 Å². The number of amides is 1. The van der Waals surface area contributed by atoms with Crippen molar-refractivity contribution in [3.05, 3.63) is 52.6 Å². The van der Waals surface area contributed by atoms with Crippen LogP contribution in [-0.4, -0.2) is 37.6 Å². The first-order chi connectivity index (χ1) is 13.3. The third-order valence-corrected chi connectivity index (χ3v) is 5.10. The zero-order chi connectivity index (χ0) is 21.8. The van der Waals surface area contributed by atoms with Crippen molar-refractivity contribution < 1.29 is 36.0 Å². The number of nitrogens with one attached hydrogen (secondary N) is 1. The lowest BCUT2D eigenvalue weighted by Gasteiger charge is -2.10. The van der Waals surface area contributed by atoms with Gasteiger partial charge in [-0.1, -0.05) is 6.07 Å². The van der Waals surface area contributed by atoms with E-state index in [4.69, 9.17) is 4.74 Å². The molecule has 29 heavy (non-hydrogen) atoms. The number of benzene rings is 2. The summed E-state index contributed by atoms with van der Waals surface area (Å²) in [6.07, 6.45) is 0.880. The molecular weight excluding hydrogens is 437 g/mol.